The third kappa shape index (κ3) is 8.09. The van der Waals surface area contributed by atoms with E-state index in [1.807, 2.05) is 37.3 Å². The summed E-state index contributed by atoms with van der Waals surface area (Å²) in [7, 11) is 2.95. The van der Waals surface area contributed by atoms with Crippen molar-refractivity contribution in [2.45, 2.75) is 83.5 Å². The molecule has 1 aliphatic rings. The van der Waals surface area contributed by atoms with Crippen LogP contribution >= 0.6 is 0 Å². The van der Waals surface area contributed by atoms with Crippen LogP contribution in [0.2, 0.25) is 0 Å². The number of benzene rings is 1. The molecular formula is C28H42O9. The molecule has 2 rings (SSSR count). The maximum absolute atomic E-state index is 12.3. The molecule has 37 heavy (non-hydrogen) atoms. The van der Waals surface area contributed by atoms with E-state index in [1.54, 1.807) is 13.0 Å². The molecule has 0 unspecified atom stereocenters. The van der Waals surface area contributed by atoms with Crippen molar-refractivity contribution in [2.24, 2.45) is 11.8 Å². The molecule has 1 aromatic rings. The van der Waals surface area contributed by atoms with Crippen molar-refractivity contribution in [3.05, 3.63) is 48.6 Å². The van der Waals surface area contributed by atoms with Gasteiger partial charge in [-0.05, 0) is 12.0 Å². The van der Waals surface area contributed by atoms with E-state index in [4.69, 9.17) is 28.4 Å². The number of methoxy groups -OCH3 is 2. The lowest BCUT2D eigenvalue weighted by atomic mass is 9.76. The van der Waals surface area contributed by atoms with Gasteiger partial charge in [-0.25, -0.2) is 0 Å². The third-order valence-electron chi connectivity index (χ3n) is 6.91. The van der Waals surface area contributed by atoms with Crippen molar-refractivity contribution in [3.8, 4) is 0 Å². The molecule has 1 fully saturated rings. The van der Waals surface area contributed by atoms with Gasteiger partial charge >= 0.3 is 11.9 Å². The van der Waals surface area contributed by atoms with Gasteiger partial charge in [-0.1, -0.05) is 50.3 Å². The number of rotatable bonds is 14. The van der Waals surface area contributed by atoms with E-state index < -0.39 is 54.2 Å². The number of carbonyl (C=O) groups is 2. The van der Waals surface area contributed by atoms with Gasteiger partial charge < -0.3 is 33.5 Å². The highest BCUT2D eigenvalue weighted by molar-refractivity contribution is 5.67. The number of esters is 2. The highest BCUT2D eigenvalue weighted by Crippen LogP contribution is 2.44. The number of aliphatic hydroxyl groups excluding tert-OH is 1. The number of ether oxygens (including phenoxy) is 6. The number of carbonyl (C=O) groups excluding carboxylic acids is 2. The number of aliphatic hydroxyl groups is 1. The van der Waals surface area contributed by atoms with Crippen LogP contribution in [0.25, 0.3) is 0 Å². The first kappa shape index (κ1) is 30.9. The van der Waals surface area contributed by atoms with Gasteiger partial charge in [0.05, 0.1) is 31.5 Å². The van der Waals surface area contributed by atoms with Crippen molar-refractivity contribution < 1.29 is 43.1 Å². The normalized spacial score (nSPS) is 28.1. The summed E-state index contributed by atoms with van der Waals surface area (Å²) < 4.78 is 35.3. The minimum atomic E-state index is -1.60. The maximum atomic E-state index is 12.3. The number of hydrogen-bond acceptors (Lipinski definition) is 9. The molecule has 8 atom stereocenters. The Kier molecular flexibility index (Phi) is 12.2. The monoisotopic (exact) mass is 522 g/mol. The fourth-order valence-electron chi connectivity index (χ4n) is 4.88. The van der Waals surface area contributed by atoms with E-state index in [0.717, 1.165) is 5.56 Å². The SMILES string of the molecule is C=CC[C@H]1O[C@@](OC)([C@H](OC(C)=O)[C@H](C[C@@H](COCc2ccccc2)OC)OC(C)=O)[C@H](C)[C@@H](O)[C@H]1C. The predicted molar refractivity (Wildman–Crippen MR) is 136 cm³/mol. The van der Waals surface area contributed by atoms with E-state index in [9.17, 15) is 14.7 Å². The summed E-state index contributed by atoms with van der Waals surface area (Å²) in [5, 5.41) is 11.1. The Morgan fingerprint density at radius 2 is 1.78 bits per heavy atom. The summed E-state index contributed by atoms with van der Waals surface area (Å²) in [5.41, 5.74) is 1.01. The van der Waals surface area contributed by atoms with E-state index in [1.165, 1.54) is 28.1 Å². The van der Waals surface area contributed by atoms with Crippen molar-refractivity contribution in [3.63, 3.8) is 0 Å². The molecule has 0 aliphatic carbocycles. The molecule has 0 spiro atoms. The zero-order valence-corrected chi connectivity index (χ0v) is 22.8. The Morgan fingerprint density at radius 1 is 1.14 bits per heavy atom. The molecule has 0 saturated carbocycles. The lowest BCUT2D eigenvalue weighted by Crippen LogP contribution is -2.67. The van der Waals surface area contributed by atoms with Crippen LogP contribution in [0, 0.1) is 11.8 Å². The van der Waals surface area contributed by atoms with Crippen LogP contribution in [-0.2, 0) is 44.6 Å². The smallest absolute Gasteiger partial charge is 0.303 e. The Labute approximate surface area is 220 Å². The van der Waals surface area contributed by atoms with E-state index in [2.05, 4.69) is 6.58 Å². The quantitative estimate of drug-likeness (QED) is 0.290. The average molecular weight is 523 g/mol. The Hall–Kier alpha value is -2.30. The standard InChI is InChI=1S/C28H42O9/c1-8-12-24-18(2)26(31)19(3)28(33-7,37-24)27(36-21(5)30)25(35-20(4)29)15-23(32-6)17-34-16-22-13-10-9-11-14-22/h8-11,13-14,18-19,23-27,31H,1,12,15-17H2,2-7H3/t18-,19+,23-,24+,25-,26-,27+,28+/m0/s1. The van der Waals surface area contributed by atoms with Crippen LogP contribution in [0.5, 0.6) is 0 Å². The van der Waals surface area contributed by atoms with Gasteiger partial charge in [-0.2, -0.15) is 0 Å². The molecule has 208 valence electrons. The van der Waals surface area contributed by atoms with Gasteiger partial charge in [-0.15, -0.1) is 6.58 Å². The lowest BCUT2D eigenvalue weighted by Gasteiger charge is -2.53. The molecule has 1 heterocycles. The van der Waals surface area contributed by atoms with Crippen LogP contribution in [0.15, 0.2) is 43.0 Å². The van der Waals surface area contributed by atoms with Gasteiger partial charge in [-0.3, -0.25) is 9.59 Å². The van der Waals surface area contributed by atoms with Crippen LogP contribution in [-0.4, -0.2) is 74.2 Å². The minimum Gasteiger partial charge on any atom is -0.458 e. The highest BCUT2D eigenvalue weighted by atomic mass is 16.7. The maximum Gasteiger partial charge on any atom is 0.303 e. The predicted octanol–water partition coefficient (Wildman–Crippen LogP) is 3.42. The molecule has 9 heteroatoms. The summed E-state index contributed by atoms with van der Waals surface area (Å²) in [6.07, 6.45) is -1.77. The summed E-state index contributed by atoms with van der Waals surface area (Å²) in [6.45, 7) is 10.5. The van der Waals surface area contributed by atoms with Gasteiger partial charge in [0.2, 0.25) is 5.79 Å². The minimum absolute atomic E-state index is 0.127. The summed E-state index contributed by atoms with van der Waals surface area (Å²) in [5.74, 6) is -3.66. The van der Waals surface area contributed by atoms with E-state index >= 15 is 0 Å². The lowest BCUT2D eigenvalue weighted by molar-refractivity contribution is -0.369. The Bertz CT molecular complexity index is 860. The van der Waals surface area contributed by atoms with Gasteiger partial charge in [0.15, 0.2) is 6.10 Å². The van der Waals surface area contributed by atoms with Crippen molar-refractivity contribution in [1.82, 2.24) is 0 Å². The van der Waals surface area contributed by atoms with Crippen LogP contribution in [0.3, 0.4) is 0 Å². The third-order valence-corrected chi connectivity index (χ3v) is 6.91. The topological polar surface area (TPSA) is 110 Å². The first-order chi connectivity index (χ1) is 17.6. The van der Waals surface area contributed by atoms with E-state index in [-0.39, 0.29) is 18.9 Å². The number of hydrogen-bond donors (Lipinski definition) is 1. The fraction of sp³-hybridized carbons (Fsp3) is 0.643. The van der Waals surface area contributed by atoms with Crippen LogP contribution < -0.4 is 0 Å². The van der Waals surface area contributed by atoms with Gasteiger partial charge in [0.25, 0.3) is 0 Å². The van der Waals surface area contributed by atoms with Gasteiger partial charge in [0.1, 0.15) is 6.10 Å². The summed E-state index contributed by atoms with van der Waals surface area (Å²) >= 11 is 0. The first-order valence-electron chi connectivity index (χ1n) is 12.6. The molecule has 0 aromatic heterocycles. The first-order valence-corrected chi connectivity index (χ1v) is 12.6. The largest absolute Gasteiger partial charge is 0.458 e. The van der Waals surface area contributed by atoms with Crippen LogP contribution in [0.4, 0.5) is 0 Å². The fourth-order valence-corrected chi connectivity index (χ4v) is 4.88. The van der Waals surface area contributed by atoms with Crippen molar-refractivity contribution in [1.29, 1.82) is 0 Å². The van der Waals surface area contributed by atoms with Crippen molar-refractivity contribution in [2.75, 3.05) is 20.8 Å². The zero-order chi connectivity index (χ0) is 27.6. The average Bonchev–Trinajstić information content (AvgIpc) is 2.87. The van der Waals surface area contributed by atoms with Crippen LogP contribution in [0.1, 0.15) is 46.1 Å². The zero-order valence-electron chi connectivity index (χ0n) is 22.8. The Balaban J connectivity index is 2.36. The molecule has 1 saturated heterocycles. The highest BCUT2D eigenvalue weighted by Gasteiger charge is 2.59. The summed E-state index contributed by atoms with van der Waals surface area (Å²) in [6, 6.07) is 9.69. The molecule has 0 radical (unpaired) electrons. The molecular weight excluding hydrogens is 480 g/mol. The van der Waals surface area contributed by atoms with Gasteiger partial charge in [0, 0.05) is 46.3 Å². The Morgan fingerprint density at radius 3 is 2.32 bits per heavy atom. The molecule has 1 aromatic carbocycles. The molecule has 1 N–H and O–H groups in total. The molecule has 0 amide bonds. The molecule has 9 nitrogen and oxygen atoms in total. The summed E-state index contributed by atoms with van der Waals surface area (Å²) in [4.78, 5) is 24.5. The second kappa shape index (κ2) is 14.6. The second-order valence-corrected chi connectivity index (χ2v) is 9.52. The molecule has 0 bridgehead atoms. The van der Waals surface area contributed by atoms with Crippen molar-refractivity contribution >= 4 is 11.9 Å². The molecule has 1 aliphatic heterocycles. The second-order valence-electron chi connectivity index (χ2n) is 9.52. The van der Waals surface area contributed by atoms with E-state index in [0.29, 0.717) is 13.0 Å².